The minimum atomic E-state index is 0.568. The van der Waals surface area contributed by atoms with E-state index in [1.165, 1.54) is 19.3 Å². The van der Waals surface area contributed by atoms with Gasteiger partial charge in [-0.25, -0.2) is 0 Å². The van der Waals surface area contributed by atoms with Gasteiger partial charge in [0.05, 0.1) is 0 Å². The number of hydrogen-bond acceptors (Lipinski definition) is 0. The van der Waals surface area contributed by atoms with Crippen molar-refractivity contribution in [2.24, 2.45) is 23.2 Å². The van der Waals surface area contributed by atoms with Gasteiger partial charge in [0, 0.05) is 0 Å². The van der Waals surface area contributed by atoms with Crippen LogP contribution in [0.25, 0.3) is 0 Å². The lowest BCUT2D eigenvalue weighted by molar-refractivity contribution is 0.265. The van der Waals surface area contributed by atoms with Gasteiger partial charge >= 0.3 is 0 Å². The van der Waals surface area contributed by atoms with Gasteiger partial charge in [-0.2, -0.15) is 0 Å². The summed E-state index contributed by atoms with van der Waals surface area (Å²) < 4.78 is 0. The molecule has 0 aromatic rings. The molecule has 0 aromatic heterocycles. The summed E-state index contributed by atoms with van der Waals surface area (Å²) in [6.07, 6.45) is 4.06. The highest BCUT2D eigenvalue weighted by atomic mass is 14.6. The van der Waals surface area contributed by atoms with Crippen LogP contribution in [0, 0.1) is 23.2 Å². The second-order valence-electron chi connectivity index (χ2n) is 5.25. The highest BCUT2D eigenvalue weighted by Gasteiger charge is 2.59. The molecule has 0 bridgehead atoms. The second kappa shape index (κ2) is 2.37. The summed E-state index contributed by atoms with van der Waals surface area (Å²) in [5.41, 5.74) is 2.12. The van der Waals surface area contributed by atoms with E-state index in [2.05, 4.69) is 27.4 Å². The van der Waals surface area contributed by atoms with Crippen molar-refractivity contribution in [3.8, 4) is 0 Å². The predicted octanol–water partition coefficient (Wildman–Crippen LogP) is 3.63. The molecule has 0 aliphatic heterocycles. The number of fused-ring (bicyclic) bond motifs is 1. The SMILES string of the molecule is C=C1CC[C@H]2C1C2C(C)(C)CC. The van der Waals surface area contributed by atoms with E-state index < -0.39 is 0 Å². The zero-order valence-electron chi connectivity index (χ0n) is 8.56. The predicted molar refractivity (Wildman–Crippen MR) is 52.9 cm³/mol. The first-order valence-corrected chi connectivity index (χ1v) is 5.25. The van der Waals surface area contributed by atoms with Gasteiger partial charge < -0.3 is 0 Å². The first kappa shape index (κ1) is 8.34. The monoisotopic (exact) mass is 164 g/mol. The van der Waals surface area contributed by atoms with Gasteiger partial charge in [0.1, 0.15) is 0 Å². The zero-order valence-corrected chi connectivity index (χ0v) is 8.56. The Morgan fingerprint density at radius 2 is 2.17 bits per heavy atom. The molecule has 2 rings (SSSR count). The summed E-state index contributed by atoms with van der Waals surface area (Å²) >= 11 is 0. The van der Waals surface area contributed by atoms with E-state index in [1.54, 1.807) is 5.57 Å². The minimum absolute atomic E-state index is 0.568. The molecule has 0 radical (unpaired) electrons. The highest BCUT2D eigenvalue weighted by molar-refractivity contribution is 5.24. The summed E-state index contributed by atoms with van der Waals surface area (Å²) in [5.74, 6) is 2.91. The van der Waals surface area contributed by atoms with E-state index >= 15 is 0 Å². The molecule has 2 saturated carbocycles. The van der Waals surface area contributed by atoms with Crippen LogP contribution in [0.4, 0.5) is 0 Å². The molecular formula is C12H20. The van der Waals surface area contributed by atoms with Crippen LogP contribution in [-0.2, 0) is 0 Å². The third-order valence-corrected chi connectivity index (χ3v) is 4.25. The molecule has 0 amide bonds. The van der Waals surface area contributed by atoms with Crippen molar-refractivity contribution < 1.29 is 0 Å². The summed E-state index contributed by atoms with van der Waals surface area (Å²) in [5, 5.41) is 0. The molecule has 0 heterocycles. The van der Waals surface area contributed by atoms with Crippen LogP contribution in [0.2, 0.25) is 0 Å². The van der Waals surface area contributed by atoms with Gasteiger partial charge in [-0.3, -0.25) is 0 Å². The Labute approximate surface area is 76.1 Å². The van der Waals surface area contributed by atoms with Crippen LogP contribution in [0.5, 0.6) is 0 Å². The molecule has 0 saturated heterocycles. The summed E-state index contributed by atoms with van der Waals surface area (Å²) in [7, 11) is 0. The molecule has 0 N–H and O–H groups in total. The van der Waals surface area contributed by atoms with Crippen molar-refractivity contribution in [1.29, 1.82) is 0 Å². The Bertz CT molecular complexity index is 212. The molecule has 0 heteroatoms. The highest BCUT2D eigenvalue weighted by Crippen LogP contribution is 2.66. The molecular weight excluding hydrogens is 144 g/mol. The van der Waals surface area contributed by atoms with Gasteiger partial charge in [0.2, 0.25) is 0 Å². The molecule has 12 heavy (non-hydrogen) atoms. The number of hydrogen-bond donors (Lipinski definition) is 0. The van der Waals surface area contributed by atoms with E-state index in [0.29, 0.717) is 5.41 Å². The van der Waals surface area contributed by atoms with Gasteiger partial charge in [-0.15, -0.1) is 0 Å². The van der Waals surface area contributed by atoms with Crippen molar-refractivity contribution in [2.75, 3.05) is 0 Å². The lowest BCUT2D eigenvalue weighted by Gasteiger charge is -2.25. The van der Waals surface area contributed by atoms with Crippen LogP contribution in [0.1, 0.15) is 40.0 Å². The third-order valence-electron chi connectivity index (χ3n) is 4.25. The Morgan fingerprint density at radius 3 is 2.58 bits per heavy atom. The second-order valence-corrected chi connectivity index (χ2v) is 5.25. The normalized spacial score (nSPS) is 39.9. The lowest BCUT2D eigenvalue weighted by Crippen LogP contribution is -2.16. The standard InChI is InChI=1S/C12H20/c1-5-12(3,4)11-9-7-6-8(2)10(9)11/h9-11H,2,5-7H2,1,3-4H3/t9-,10?,11?/m0/s1. The Hall–Kier alpha value is -0.260. The van der Waals surface area contributed by atoms with E-state index in [4.69, 9.17) is 0 Å². The maximum absolute atomic E-state index is 4.17. The number of allylic oxidation sites excluding steroid dienone is 1. The quantitative estimate of drug-likeness (QED) is 0.547. The van der Waals surface area contributed by atoms with Crippen molar-refractivity contribution in [3.05, 3.63) is 12.2 Å². The molecule has 2 unspecified atom stereocenters. The molecule has 0 aromatic carbocycles. The van der Waals surface area contributed by atoms with Crippen molar-refractivity contribution in [3.63, 3.8) is 0 Å². The molecule has 2 fully saturated rings. The first-order chi connectivity index (χ1) is 5.58. The third kappa shape index (κ3) is 0.967. The molecule has 2 aliphatic rings. The average Bonchev–Trinajstić information content (AvgIpc) is 2.66. The smallest absolute Gasteiger partial charge is 0.0138 e. The Balaban J connectivity index is 2.08. The van der Waals surface area contributed by atoms with E-state index in [-0.39, 0.29) is 0 Å². The van der Waals surface area contributed by atoms with Crippen molar-refractivity contribution in [2.45, 2.75) is 40.0 Å². The van der Waals surface area contributed by atoms with Gasteiger partial charge in [0.25, 0.3) is 0 Å². The fraction of sp³-hybridized carbons (Fsp3) is 0.833. The van der Waals surface area contributed by atoms with E-state index in [0.717, 1.165) is 17.8 Å². The summed E-state index contributed by atoms with van der Waals surface area (Å²) in [4.78, 5) is 0. The largest absolute Gasteiger partial charge is 0.0996 e. The molecule has 0 nitrogen and oxygen atoms in total. The van der Waals surface area contributed by atoms with Gasteiger partial charge in [-0.1, -0.05) is 39.3 Å². The molecule has 3 atom stereocenters. The van der Waals surface area contributed by atoms with Crippen molar-refractivity contribution in [1.82, 2.24) is 0 Å². The maximum Gasteiger partial charge on any atom is -0.0138 e. The van der Waals surface area contributed by atoms with E-state index in [9.17, 15) is 0 Å². The average molecular weight is 164 g/mol. The Morgan fingerprint density at radius 1 is 1.50 bits per heavy atom. The fourth-order valence-electron chi connectivity index (χ4n) is 3.11. The molecule has 68 valence electrons. The summed E-state index contributed by atoms with van der Waals surface area (Å²) in [6, 6.07) is 0. The van der Waals surface area contributed by atoms with Crippen LogP contribution in [0.3, 0.4) is 0 Å². The fourth-order valence-corrected chi connectivity index (χ4v) is 3.11. The number of rotatable bonds is 2. The van der Waals surface area contributed by atoms with Gasteiger partial charge in [0.15, 0.2) is 0 Å². The van der Waals surface area contributed by atoms with Gasteiger partial charge in [-0.05, 0) is 36.0 Å². The Kier molecular flexibility index (Phi) is 1.65. The van der Waals surface area contributed by atoms with Crippen LogP contribution < -0.4 is 0 Å². The zero-order chi connectivity index (χ0) is 8.93. The van der Waals surface area contributed by atoms with Crippen LogP contribution in [0.15, 0.2) is 12.2 Å². The van der Waals surface area contributed by atoms with E-state index in [1.807, 2.05) is 0 Å². The van der Waals surface area contributed by atoms with Crippen molar-refractivity contribution >= 4 is 0 Å². The molecule has 0 spiro atoms. The topological polar surface area (TPSA) is 0 Å². The lowest BCUT2D eigenvalue weighted by atomic mass is 9.80. The summed E-state index contributed by atoms with van der Waals surface area (Å²) in [6.45, 7) is 11.3. The minimum Gasteiger partial charge on any atom is -0.0996 e. The van der Waals surface area contributed by atoms with Crippen LogP contribution >= 0.6 is 0 Å². The molecule has 2 aliphatic carbocycles. The first-order valence-electron chi connectivity index (χ1n) is 5.25. The van der Waals surface area contributed by atoms with Crippen LogP contribution in [-0.4, -0.2) is 0 Å². The maximum atomic E-state index is 4.17.